The van der Waals surface area contributed by atoms with Crippen molar-refractivity contribution in [2.75, 3.05) is 5.75 Å². The Bertz CT molecular complexity index is 1170. The fourth-order valence-electron chi connectivity index (χ4n) is 3.34. The number of para-hydroxylation sites is 1. The van der Waals surface area contributed by atoms with Crippen molar-refractivity contribution in [3.05, 3.63) is 66.3 Å². The van der Waals surface area contributed by atoms with Crippen molar-refractivity contribution in [1.29, 1.82) is 0 Å². The Balaban J connectivity index is 1.60. The summed E-state index contributed by atoms with van der Waals surface area (Å²) in [5, 5.41) is 10.2. The maximum atomic E-state index is 12.9. The van der Waals surface area contributed by atoms with E-state index >= 15 is 0 Å². The van der Waals surface area contributed by atoms with Crippen LogP contribution in [0.15, 0.2) is 58.8 Å². The largest absolute Gasteiger partial charge is 0.469 e. The molecule has 0 saturated carbocycles. The molecule has 7 heteroatoms. The number of hydrogen-bond acceptors (Lipinski definition) is 5. The van der Waals surface area contributed by atoms with Crippen LogP contribution in [0.4, 0.5) is 0 Å². The zero-order chi connectivity index (χ0) is 19.7. The highest BCUT2D eigenvalue weighted by Crippen LogP contribution is 2.29. The van der Waals surface area contributed by atoms with Crippen LogP contribution in [0.5, 0.6) is 0 Å². The minimum atomic E-state index is 0.0640. The summed E-state index contributed by atoms with van der Waals surface area (Å²) in [5.74, 6) is 1.83. The molecule has 4 rings (SSSR count). The zero-order valence-corrected chi connectivity index (χ0v) is 16.5. The van der Waals surface area contributed by atoms with Crippen LogP contribution in [0, 0.1) is 13.8 Å². The van der Waals surface area contributed by atoms with Gasteiger partial charge in [0.2, 0.25) is 0 Å². The highest BCUT2D eigenvalue weighted by atomic mass is 32.2. The quantitative estimate of drug-likeness (QED) is 0.278. The molecule has 3 heterocycles. The number of aromatic nitrogens is 4. The Morgan fingerprint density at radius 2 is 2.11 bits per heavy atom. The lowest BCUT2D eigenvalue weighted by atomic mass is 10.1. The summed E-state index contributed by atoms with van der Waals surface area (Å²) in [5.41, 5.74) is 3.48. The van der Waals surface area contributed by atoms with Crippen LogP contribution in [0.2, 0.25) is 0 Å². The van der Waals surface area contributed by atoms with E-state index in [1.807, 2.05) is 48.7 Å². The molecule has 0 fully saturated rings. The lowest BCUT2D eigenvalue weighted by Gasteiger charge is -2.07. The molecular formula is C21H20N4O2S. The Labute approximate surface area is 166 Å². The minimum Gasteiger partial charge on any atom is -0.469 e. The molecule has 0 aliphatic heterocycles. The molecule has 0 bridgehead atoms. The summed E-state index contributed by atoms with van der Waals surface area (Å²) in [6, 6.07) is 9.72. The number of nitrogens with one attached hydrogen (secondary N) is 1. The molecular weight excluding hydrogens is 372 g/mol. The lowest BCUT2D eigenvalue weighted by molar-refractivity contribution is 0.102. The number of ketones is 1. The van der Waals surface area contributed by atoms with Crippen molar-refractivity contribution in [2.24, 2.45) is 0 Å². The molecule has 0 aliphatic carbocycles. The second-order valence-electron chi connectivity index (χ2n) is 6.48. The summed E-state index contributed by atoms with van der Waals surface area (Å²) < 4.78 is 7.34. The molecule has 0 amide bonds. The summed E-state index contributed by atoms with van der Waals surface area (Å²) in [7, 11) is 0. The summed E-state index contributed by atoms with van der Waals surface area (Å²) in [6.45, 7) is 8.19. The number of rotatable bonds is 7. The number of carbonyl (C=O) groups is 1. The summed E-state index contributed by atoms with van der Waals surface area (Å²) >= 11 is 1.38. The smallest absolute Gasteiger partial charge is 0.192 e. The van der Waals surface area contributed by atoms with Crippen molar-refractivity contribution in [3.8, 4) is 11.4 Å². The van der Waals surface area contributed by atoms with Gasteiger partial charge in [-0.3, -0.25) is 9.36 Å². The van der Waals surface area contributed by atoms with E-state index in [1.54, 1.807) is 12.3 Å². The Kier molecular flexibility index (Phi) is 4.92. The number of hydrogen-bond donors (Lipinski definition) is 1. The fourth-order valence-corrected chi connectivity index (χ4v) is 4.16. The number of benzene rings is 1. The van der Waals surface area contributed by atoms with E-state index < -0.39 is 0 Å². The molecule has 0 atom stereocenters. The van der Waals surface area contributed by atoms with Crippen molar-refractivity contribution < 1.29 is 9.21 Å². The first-order valence-corrected chi connectivity index (χ1v) is 9.90. The Morgan fingerprint density at radius 1 is 1.29 bits per heavy atom. The van der Waals surface area contributed by atoms with E-state index in [0.717, 1.165) is 33.5 Å². The van der Waals surface area contributed by atoms with Crippen LogP contribution in [0.3, 0.4) is 0 Å². The standard InChI is InChI=1S/C21H20N4O2S/c1-4-10-25-20(15-9-11-27-14(15)3)23-24-21(25)28-12-18(26)19-13(2)22-17-8-6-5-7-16(17)19/h4-9,11,22H,1,10,12H2,2-3H3. The number of furan rings is 1. The molecule has 1 aromatic carbocycles. The molecule has 4 aromatic rings. The fraction of sp³-hybridized carbons (Fsp3) is 0.190. The highest BCUT2D eigenvalue weighted by Gasteiger charge is 2.20. The molecule has 0 spiro atoms. The van der Waals surface area contributed by atoms with Crippen molar-refractivity contribution >= 4 is 28.4 Å². The third-order valence-corrected chi connectivity index (χ3v) is 5.60. The van der Waals surface area contributed by atoms with Crippen molar-refractivity contribution in [3.63, 3.8) is 0 Å². The molecule has 1 N–H and O–H groups in total. The molecule has 0 saturated heterocycles. The third-order valence-electron chi connectivity index (χ3n) is 4.63. The number of nitrogens with zero attached hydrogens (tertiary/aromatic N) is 3. The number of fused-ring (bicyclic) bond motifs is 1. The number of aryl methyl sites for hydroxylation is 2. The Morgan fingerprint density at radius 3 is 2.86 bits per heavy atom. The van der Waals surface area contributed by atoms with Gasteiger partial charge >= 0.3 is 0 Å². The lowest BCUT2D eigenvalue weighted by Crippen LogP contribution is -2.06. The van der Waals surface area contributed by atoms with Gasteiger partial charge in [-0.25, -0.2) is 0 Å². The van der Waals surface area contributed by atoms with Crippen molar-refractivity contribution in [2.45, 2.75) is 25.5 Å². The number of H-pyrrole nitrogens is 1. The number of carbonyl (C=O) groups excluding carboxylic acids is 1. The van der Waals surface area contributed by atoms with E-state index in [0.29, 0.717) is 17.5 Å². The van der Waals surface area contributed by atoms with Gasteiger partial charge in [0.1, 0.15) is 5.76 Å². The number of thioether (sulfide) groups is 1. The predicted octanol–water partition coefficient (Wildman–Crippen LogP) is 4.80. The molecule has 28 heavy (non-hydrogen) atoms. The maximum Gasteiger partial charge on any atom is 0.192 e. The van der Waals surface area contributed by atoms with E-state index in [9.17, 15) is 4.79 Å². The number of allylic oxidation sites excluding steroid dienone is 1. The van der Waals surface area contributed by atoms with E-state index in [-0.39, 0.29) is 11.5 Å². The molecule has 6 nitrogen and oxygen atoms in total. The molecule has 142 valence electrons. The van der Waals surface area contributed by atoms with Crippen molar-refractivity contribution in [1.82, 2.24) is 19.7 Å². The van der Waals surface area contributed by atoms with Crippen LogP contribution in [-0.2, 0) is 6.54 Å². The second-order valence-corrected chi connectivity index (χ2v) is 7.42. The minimum absolute atomic E-state index is 0.0640. The van der Waals surface area contributed by atoms with Crippen LogP contribution >= 0.6 is 11.8 Å². The first kappa shape index (κ1) is 18.3. The zero-order valence-electron chi connectivity index (χ0n) is 15.7. The van der Waals surface area contributed by atoms with Gasteiger partial charge in [-0.1, -0.05) is 36.0 Å². The van der Waals surface area contributed by atoms with Gasteiger partial charge in [-0.05, 0) is 26.0 Å². The monoisotopic (exact) mass is 392 g/mol. The SMILES string of the molecule is C=CCn1c(SCC(=O)c2c(C)[nH]c3ccccc23)nnc1-c1ccoc1C. The first-order chi connectivity index (χ1) is 13.6. The van der Waals surface area contributed by atoms with Crippen LogP contribution in [0.25, 0.3) is 22.3 Å². The van der Waals surface area contributed by atoms with Crippen LogP contribution < -0.4 is 0 Å². The van der Waals surface area contributed by atoms with E-state index in [2.05, 4.69) is 21.8 Å². The van der Waals surface area contributed by atoms with E-state index in [1.165, 1.54) is 11.8 Å². The molecule has 3 aromatic heterocycles. The van der Waals surface area contributed by atoms with Gasteiger partial charge in [0.05, 0.1) is 17.6 Å². The Hall–Kier alpha value is -3.06. The topological polar surface area (TPSA) is 76.7 Å². The first-order valence-electron chi connectivity index (χ1n) is 8.92. The summed E-state index contributed by atoms with van der Waals surface area (Å²) in [4.78, 5) is 16.2. The predicted molar refractivity (Wildman–Crippen MR) is 111 cm³/mol. The van der Waals surface area contributed by atoms with Gasteiger partial charge in [0.25, 0.3) is 0 Å². The maximum absolute atomic E-state index is 12.9. The highest BCUT2D eigenvalue weighted by molar-refractivity contribution is 7.99. The van der Waals surface area contributed by atoms with Gasteiger partial charge < -0.3 is 9.40 Å². The van der Waals surface area contributed by atoms with Gasteiger partial charge in [0, 0.05) is 28.7 Å². The molecule has 0 radical (unpaired) electrons. The van der Waals surface area contributed by atoms with Gasteiger partial charge in [-0.2, -0.15) is 0 Å². The number of Topliss-reactive ketones (excluding diaryl/α,β-unsaturated/α-hetero) is 1. The number of aromatic amines is 1. The molecule has 0 unspecified atom stereocenters. The summed E-state index contributed by atoms with van der Waals surface area (Å²) in [6.07, 6.45) is 3.42. The normalized spacial score (nSPS) is 11.2. The van der Waals surface area contributed by atoms with Crippen LogP contribution in [0.1, 0.15) is 21.8 Å². The van der Waals surface area contributed by atoms with Gasteiger partial charge in [-0.15, -0.1) is 16.8 Å². The van der Waals surface area contributed by atoms with E-state index in [4.69, 9.17) is 4.42 Å². The third kappa shape index (κ3) is 3.18. The van der Waals surface area contributed by atoms with Gasteiger partial charge in [0.15, 0.2) is 16.8 Å². The average Bonchev–Trinajstić information content (AvgIpc) is 3.36. The molecule has 0 aliphatic rings. The average molecular weight is 392 g/mol. The van der Waals surface area contributed by atoms with Crippen LogP contribution in [-0.4, -0.2) is 31.3 Å². The second kappa shape index (κ2) is 7.52.